The van der Waals surface area contributed by atoms with Crippen molar-refractivity contribution in [3.8, 4) is 16.9 Å². The summed E-state index contributed by atoms with van der Waals surface area (Å²) >= 11 is 0. The zero-order valence-corrected chi connectivity index (χ0v) is 15.0. The Morgan fingerprint density at radius 1 is 1.31 bits per heavy atom. The molecule has 138 valence electrons. The molecule has 2 aromatic rings. The maximum Gasteiger partial charge on any atom is 0.318 e. The summed E-state index contributed by atoms with van der Waals surface area (Å²) in [6, 6.07) is 12.0. The number of halogens is 1. The van der Waals surface area contributed by atoms with Crippen LogP contribution in [-0.4, -0.2) is 43.8 Å². The van der Waals surface area contributed by atoms with Gasteiger partial charge >= 0.3 is 6.03 Å². The van der Waals surface area contributed by atoms with Crippen molar-refractivity contribution in [2.75, 3.05) is 26.9 Å². The van der Waals surface area contributed by atoms with Crippen LogP contribution in [0.25, 0.3) is 11.1 Å². The number of methoxy groups -OCH3 is 1. The van der Waals surface area contributed by atoms with Gasteiger partial charge in [-0.3, -0.25) is 0 Å². The van der Waals surface area contributed by atoms with Gasteiger partial charge in [-0.15, -0.1) is 0 Å². The van der Waals surface area contributed by atoms with E-state index in [4.69, 9.17) is 9.47 Å². The van der Waals surface area contributed by atoms with Crippen LogP contribution in [0.4, 0.5) is 9.18 Å². The normalized spacial score (nSPS) is 16.4. The van der Waals surface area contributed by atoms with E-state index in [2.05, 4.69) is 5.32 Å². The summed E-state index contributed by atoms with van der Waals surface area (Å²) in [5, 5.41) is 2.85. The minimum Gasteiger partial charge on any atom is -0.491 e. The highest BCUT2D eigenvalue weighted by molar-refractivity contribution is 5.75. The number of benzene rings is 2. The van der Waals surface area contributed by atoms with E-state index in [9.17, 15) is 9.18 Å². The Balaban J connectivity index is 1.84. The van der Waals surface area contributed by atoms with E-state index in [1.54, 1.807) is 18.1 Å². The SMILES string of the molecule is COCCNC(=O)N1Cc2cc(-c3cccc(F)c3)ccc2OCC1C. The predicted molar refractivity (Wildman–Crippen MR) is 97.6 cm³/mol. The lowest BCUT2D eigenvalue weighted by Crippen LogP contribution is -2.46. The van der Waals surface area contributed by atoms with E-state index in [1.165, 1.54) is 12.1 Å². The Morgan fingerprint density at radius 3 is 2.88 bits per heavy atom. The van der Waals surface area contributed by atoms with Gasteiger partial charge in [0.25, 0.3) is 0 Å². The van der Waals surface area contributed by atoms with Crippen molar-refractivity contribution in [2.45, 2.75) is 19.5 Å². The van der Waals surface area contributed by atoms with Crippen molar-refractivity contribution < 1.29 is 18.7 Å². The van der Waals surface area contributed by atoms with E-state index in [-0.39, 0.29) is 17.9 Å². The number of nitrogens with one attached hydrogen (secondary N) is 1. The second-order valence-electron chi connectivity index (χ2n) is 6.35. The van der Waals surface area contributed by atoms with Crippen molar-refractivity contribution in [3.63, 3.8) is 0 Å². The molecule has 1 N–H and O–H groups in total. The third-order valence-corrected chi connectivity index (χ3v) is 4.41. The first-order valence-electron chi connectivity index (χ1n) is 8.63. The third kappa shape index (κ3) is 4.14. The smallest absolute Gasteiger partial charge is 0.318 e. The largest absolute Gasteiger partial charge is 0.491 e. The molecule has 0 aliphatic carbocycles. The summed E-state index contributed by atoms with van der Waals surface area (Å²) in [7, 11) is 1.60. The maximum absolute atomic E-state index is 13.5. The van der Waals surface area contributed by atoms with Gasteiger partial charge < -0.3 is 19.7 Å². The van der Waals surface area contributed by atoms with Crippen molar-refractivity contribution in [1.29, 1.82) is 0 Å². The molecule has 0 radical (unpaired) electrons. The van der Waals surface area contributed by atoms with Crippen LogP contribution in [0.15, 0.2) is 42.5 Å². The number of amides is 2. The standard InChI is InChI=1S/C20H23FN2O3/c1-14-13-26-19-7-6-16(15-4-3-5-18(21)11-15)10-17(19)12-23(14)20(24)22-8-9-25-2/h3-7,10-11,14H,8-9,12-13H2,1-2H3,(H,22,24). The fourth-order valence-corrected chi connectivity index (χ4v) is 2.96. The number of hydrogen-bond acceptors (Lipinski definition) is 3. The fourth-order valence-electron chi connectivity index (χ4n) is 2.96. The zero-order valence-electron chi connectivity index (χ0n) is 15.0. The van der Waals surface area contributed by atoms with E-state index < -0.39 is 0 Å². The van der Waals surface area contributed by atoms with Crippen molar-refractivity contribution in [1.82, 2.24) is 10.2 Å². The summed E-state index contributed by atoms with van der Waals surface area (Å²) in [5.41, 5.74) is 2.58. The highest BCUT2D eigenvalue weighted by atomic mass is 19.1. The average Bonchev–Trinajstić information content (AvgIpc) is 2.80. The molecule has 1 atom stereocenters. The number of carbonyl (C=O) groups is 1. The molecule has 1 aliphatic rings. The van der Waals surface area contributed by atoms with E-state index in [1.807, 2.05) is 31.2 Å². The first kappa shape index (κ1) is 18.2. The Morgan fingerprint density at radius 2 is 2.12 bits per heavy atom. The summed E-state index contributed by atoms with van der Waals surface area (Å²) in [4.78, 5) is 14.2. The molecule has 1 heterocycles. The zero-order chi connectivity index (χ0) is 18.5. The third-order valence-electron chi connectivity index (χ3n) is 4.41. The highest BCUT2D eigenvalue weighted by Gasteiger charge is 2.25. The van der Waals surface area contributed by atoms with Crippen LogP contribution in [0.1, 0.15) is 12.5 Å². The summed E-state index contributed by atoms with van der Waals surface area (Å²) in [5.74, 6) is 0.477. The molecule has 0 fully saturated rings. The number of nitrogens with zero attached hydrogens (tertiary/aromatic N) is 1. The first-order chi connectivity index (χ1) is 12.6. The van der Waals surface area contributed by atoms with Gasteiger partial charge in [0, 0.05) is 19.2 Å². The molecular weight excluding hydrogens is 335 g/mol. The lowest BCUT2D eigenvalue weighted by atomic mass is 10.0. The Kier molecular flexibility index (Phi) is 5.73. The van der Waals surface area contributed by atoms with Gasteiger partial charge in [0.1, 0.15) is 18.2 Å². The van der Waals surface area contributed by atoms with Crippen LogP contribution in [0, 0.1) is 5.82 Å². The number of hydrogen-bond donors (Lipinski definition) is 1. The van der Waals surface area contributed by atoms with E-state index in [0.717, 1.165) is 22.4 Å². The molecule has 5 nitrogen and oxygen atoms in total. The molecule has 2 amide bonds. The van der Waals surface area contributed by atoms with Gasteiger partial charge in [-0.25, -0.2) is 9.18 Å². The Bertz CT molecular complexity index is 781. The van der Waals surface area contributed by atoms with Crippen LogP contribution in [0.5, 0.6) is 5.75 Å². The van der Waals surface area contributed by atoms with Gasteiger partial charge in [-0.1, -0.05) is 18.2 Å². The fraction of sp³-hybridized carbons (Fsp3) is 0.350. The monoisotopic (exact) mass is 358 g/mol. The second-order valence-corrected chi connectivity index (χ2v) is 6.35. The second kappa shape index (κ2) is 8.19. The van der Waals surface area contributed by atoms with Gasteiger partial charge in [-0.05, 0) is 42.3 Å². The number of urea groups is 1. The molecule has 6 heteroatoms. The molecule has 26 heavy (non-hydrogen) atoms. The molecule has 3 rings (SSSR count). The lowest BCUT2D eigenvalue weighted by molar-refractivity contribution is 0.150. The van der Waals surface area contributed by atoms with Crippen molar-refractivity contribution >= 4 is 6.03 Å². The minimum absolute atomic E-state index is 0.0671. The molecule has 0 bridgehead atoms. The van der Waals surface area contributed by atoms with Crippen LogP contribution in [0.2, 0.25) is 0 Å². The highest BCUT2D eigenvalue weighted by Crippen LogP contribution is 2.30. The number of rotatable bonds is 4. The van der Waals surface area contributed by atoms with Crippen LogP contribution >= 0.6 is 0 Å². The summed E-state index contributed by atoms with van der Waals surface area (Å²) in [6.07, 6.45) is 0. The number of ether oxygens (including phenoxy) is 2. The minimum atomic E-state index is -0.276. The molecule has 0 spiro atoms. The molecular formula is C20H23FN2O3. The molecule has 1 aliphatic heterocycles. The van der Waals surface area contributed by atoms with Crippen LogP contribution in [0.3, 0.4) is 0 Å². The lowest BCUT2D eigenvalue weighted by Gasteiger charge is -2.26. The molecule has 2 aromatic carbocycles. The Labute approximate surface area is 152 Å². The molecule has 0 aromatic heterocycles. The topological polar surface area (TPSA) is 50.8 Å². The predicted octanol–water partition coefficient (Wildman–Crippen LogP) is 3.43. The van der Waals surface area contributed by atoms with Crippen molar-refractivity contribution in [2.24, 2.45) is 0 Å². The molecule has 1 unspecified atom stereocenters. The van der Waals surface area contributed by atoms with Gasteiger partial charge in [0.2, 0.25) is 0 Å². The van der Waals surface area contributed by atoms with Gasteiger partial charge in [0.15, 0.2) is 0 Å². The number of fused-ring (bicyclic) bond motifs is 1. The molecule has 0 saturated heterocycles. The van der Waals surface area contributed by atoms with E-state index in [0.29, 0.717) is 26.3 Å². The summed E-state index contributed by atoms with van der Waals surface area (Å²) < 4.78 is 24.4. The van der Waals surface area contributed by atoms with Crippen molar-refractivity contribution in [3.05, 3.63) is 53.8 Å². The van der Waals surface area contributed by atoms with Crippen LogP contribution < -0.4 is 10.1 Å². The number of carbonyl (C=O) groups excluding carboxylic acids is 1. The maximum atomic E-state index is 13.5. The Hall–Kier alpha value is -2.60. The van der Waals surface area contributed by atoms with E-state index >= 15 is 0 Å². The average molecular weight is 358 g/mol. The summed E-state index contributed by atoms with van der Waals surface area (Å²) in [6.45, 7) is 3.72. The van der Waals surface area contributed by atoms with Gasteiger partial charge in [-0.2, -0.15) is 0 Å². The molecule has 0 saturated carbocycles. The van der Waals surface area contributed by atoms with Gasteiger partial charge in [0.05, 0.1) is 19.2 Å². The van der Waals surface area contributed by atoms with Crippen LogP contribution in [-0.2, 0) is 11.3 Å². The first-order valence-corrected chi connectivity index (χ1v) is 8.63. The quantitative estimate of drug-likeness (QED) is 0.852.